The highest BCUT2D eigenvalue weighted by atomic mass is 15.1. The Kier molecular flexibility index (Phi) is 11.6. The van der Waals surface area contributed by atoms with Gasteiger partial charge in [-0.2, -0.15) is 0 Å². The third kappa shape index (κ3) is 8.94. The molecular formula is C57H48N2. The van der Waals surface area contributed by atoms with Gasteiger partial charge in [0.1, 0.15) is 0 Å². The molecule has 0 saturated carbocycles. The fourth-order valence-electron chi connectivity index (χ4n) is 7.42. The Hall–Kier alpha value is -7.42. The van der Waals surface area contributed by atoms with Gasteiger partial charge in [0, 0.05) is 34.1 Å². The van der Waals surface area contributed by atoms with Gasteiger partial charge in [-0.3, -0.25) is 0 Å². The third-order valence-electron chi connectivity index (χ3n) is 10.8. The zero-order valence-corrected chi connectivity index (χ0v) is 34.0. The Bertz CT molecular complexity index is 2670. The van der Waals surface area contributed by atoms with Crippen molar-refractivity contribution in [2.45, 2.75) is 20.8 Å². The molecule has 8 aromatic carbocycles. The molecule has 0 aromatic heterocycles. The molecule has 2 heteroatoms. The van der Waals surface area contributed by atoms with Crippen LogP contribution in [-0.4, -0.2) is 0 Å². The van der Waals surface area contributed by atoms with Crippen molar-refractivity contribution in [3.05, 3.63) is 248 Å². The molecule has 0 aliphatic carbocycles. The zero-order valence-electron chi connectivity index (χ0n) is 34.0. The average molecular weight is 761 g/mol. The van der Waals surface area contributed by atoms with Gasteiger partial charge < -0.3 is 9.80 Å². The molecule has 0 aliphatic heterocycles. The first-order valence-electron chi connectivity index (χ1n) is 20.2. The molecule has 0 radical (unpaired) electrons. The summed E-state index contributed by atoms with van der Waals surface area (Å²) in [5.74, 6) is 0. The number of allylic oxidation sites excluding steroid dienone is 5. The van der Waals surface area contributed by atoms with Gasteiger partial charge in [-0.25, -0.2) is 0 Å². The minimum absolute atomic E-state index is 1.11. The monoisotopic (exact) mass is 760 g/mol. The van der Waals surface area contributed by atoms with Crippen LogP contribution in [0.25, 0.3) is 39.0 Å². The molecule has 0 amide bonds. The van der Waals surface area contributed by atoms with E-state index in [2.05, 4.69) is 243 Å². The molecule has 0 heterocycles. The van der Waals surface area contributed by atoms with Gasteiger partial charge in [0.15, 0.2) is 0 Å². The number of nitrogens with zero attached hydrogens (tertiary/aromatic N) is 2. The average Bonchev–Trinajstić information content (AvgIpc) is 3.29. The van der Waals surface area contributed by atoms with Crippen molar-refractivity contribution < 1.29 is 0 Å². The molecule has 286 valence electrons. The minimum atomic E-state index is 1.11. The van der Waals surface area contributed by atoms with Crippen LogP contribution in [0.4, 0.5) is 34.1 Å². The van der Waals surface area contributed by atoms with Gasteiger partial charge in [0.25, 0.3) is 0 Å². The summed E-state index contributed by atoms with van der Waals surface area (Å²) in [5.41, 5.74) is 18.7. The predicted molar refractivity (Wildman–Crippen MR) is 255 cm³/mol. The molecule has 0 N–H and O–H groups in total. The van der Waals surface area contributed by atoms with Gasteiger partial charge in [-0.05, 0) is 138 Å². The van der Waals surface area contributed by atoms with Crippen molar-refractivity contribution in [2.24, 2.45) is 0 Å². The Labute approximate surface area is 350 Å². The molecule has 8 rings (SSSR count). The number of benzene rings is 8. The summed E-state index contributed by atoms with van der Waals surface area (Å²) in [6, 6.07) is 72.3. The van der Waals surface area contributed by atoms with Gasteiger partial charge in [-0.1, -0.05) is 169 Å². The van der Waals surface area contributed by atoms with Crippen molar-refractivity contribution in [2.75, 3.05) is 9.80 Å². The summed E-state index contributed by atoms with van der Waals surface area (Å²) in [6.07, 6.45) is 7.88. The van der Waals surface area contributed by atoms with E-state index in [-0.39, 0.29) is 0 Å². The second-order valence-corrected chi connectivity index (χ2v) is 14.9. The second kappa shape index (κ2) is 17.8. The van der Waals surface area contributed by atoms with E-state index in [1.165, 1.54) is 55.6 Å². The van der Waals surface area contributed by atoms with Gasteiger partial charge in [0.2, 0.25) is 0 Å². The van der Waals surface area contributed by atoms with Crippen LogP contribution in [0.5, 0.6) is 0 Å². The topological polar surface area (TPSA) is 6.48 Å². The number of rotatable bonds is 12. The van der Waals surface area contributed by atoms with Crippen LogP contribution in [0.1, 0.15) is 23.6 Å². The highest BCUT2D eigenvalue weighted by Crippen LogP contribution is 2.39. The van der Waals surface area contributed by atoms with E-state index in [4.69, 9.17) is 0 Å². The zero-order chi connectivity index (χ0) is 40.6. The molecule has 0 saturated heterocycles. The summed E-state index contributed by atoms with van der Waals surface area (Å²) in [5, 5.41) is 0. The number of anilines is 6. The lowest BCUT2D eigenvalue weighted by Crippen LogP contribution is -2.09. The maximum atomic E-state index is 3.77. The molecule has 0 fully saturated rings. The van der Waals surface area contributed by atoms with Gasteiger partial charge >= 0.3 is 0 Å². The molecule has 0 spiro atoms. The summed E-state index contributed by atoms with van der Waals surface area (Å²) in [6.45, 7) is 10.2. The van der Waals surface area contributed by atoms with Gasteiger partial charge in [-0.15, -0.1) is 0 Å². The first-order valence-corrected chi connectivity index (χ1v) is 20.2. The van der Waals surface area contributed by atoms with Crippen molar-refractivity contribution in [1.29, 1.82) is 0 Å². The van der Waals surface area contributed by atoms with Crippen LogP contribution in [0.3, 0.4) is 0 Å². The normalized spacial score (nSPS) is 11.4. The summed E-state index contributed by atoms with van der Waals surface area (Å²) < 4.78 is 0. The third-order valence-corrected chi connectivity index (χ3v) is 10.8. The molecule has 59 heavy (non-hydrogen) atoms. The van der Waals surface area contributed by atoms with Crippen LogP contribution in [0.2, 0.25) is 0 Å². The lowest BCUT2D eigenvalue weighted by Gasteiger charge is -2.26. The first-order chi connectivity index (χ1) is 28.9. The summed E-state index contributed by atoms with van der Waals surface area (Å²) in [4.78, 5) is 4.64. The molecule has 0 aliphatic rings. The summed E-state index contributed by atoms with van der Waals surface area (Å²) in [7, 11) is 0. The van der Waals surface area contributed by atoms with Crippen molar-refractivity contribution >= 4 is 39.7 Å². The SMILES string of the molecule is C=C/C=C\C=C(/C)c1ccc(N(c2ccc(C)cc2)c2ccc(-c3ccc(-c4ccc(N(c5ccc(C)cc5)c5ccc(-c6ccccc6)cc5)cc4)cc3)cc2)cc1. The Morgan fingerprint density at radius 1 is 0.356 bits per heavy atom. The van der Waals surface area contributed by atoms with E-state index in [1.807, 2.05) is 12.2 Å². The van der Waals surface area contributed by atoms with E-state index in [1.54, 1.807) is 6.08 Å². The highest BCUT2D eigenvalue weighted by molar-refractivity contribution is 5.82. The van der Waals surface area contributed by atoms with Crippen LogP contribution in [0, 0.1) is 13.8 Å². The fourth-order valence-corrected chi connectivity index (χ4v) is 7.42. The fraction of sp³-hybridized carbons (Fsp3) is 0.0526. The molecule has 0 atom stereocenters. The maximum Gasteiger partial charge on any atom is 0.0462 e. The van der Waals surface area contributed by atoms with Crippen LogP contribution in [-0.2, 0) is 0 Å². The summed E-state index contributed by atoms with van der Waals surface area (Å²) >= 11 is 0. The molecule has 2 nitrogen and oxygen atoms in total. The quantitative estimate of drug-likeness (QED) is 0.114. The van der Waals surface area contributed by atoms with E-state index < -0.39 is 0 Å². The van der Waals surface area contributed by atoms with E-state index in [0.29, 0.717) is 0 Å². The maximum absolute atomic E-state index is 3.77. The minimum Gasteiger partial charge on any atom is -0.311 e. The van der Waals surface area contributed by atoms with Gasteiger partial charge in [0.05, 0.1) is 0 Å². The predicted octanol–water partition coefficient (Wildman–Crippen LogP) is 16.4. The van der Waals surface area contributed by atoms with Crippen LogP contribution >= 0.6 is 0 Å². The molecular weight excluding hydrogens is 713 g/mol. The number of aryl methyl sites for hydroxylation is 2. The lowest BCUT2D eigenvalue weighted by molar-refractivity contribution is 1.27. The molecule has 8 aromatic rings. The van der Waals surface area contributed by atoms with E-state index >= 15 is 0 Å². The Balaban J connectivity index is 1.02. The van der Waals surface area contributed by atoms with Crippen molar-refractivity contribution in [3.8, 4) is 33.4 Å². The lowest BCUT2D eigenvalue weighted by atomic mass is 9.99. The van der Waals surface area contributed by atoms with Crippen LogP contribution in [0.15, 0.2) is 231 Å². The highest BCUT2D eigenvalue weighted by Gasteiger charge is 2.15. The van der Waals surface area contributed by atoms with E-state index in [9.17, 15) is 0 Å². The first kappa shape index (κ1) is 38.5. The Morgan fingerprint density at radius 2 is 0.644 bits per heavy atom. The number of hydrogen-bond acceptors (Lipinski definition) is 2. The standard InChI is InChI=1S/C57H48N2/c1-5-6-8-11-44(4)45-22-34-54(35-23-45)58(52-30-14-42(2)15-31-52)56-38-26-50(27-39-56)47-18-20-48(21-19-47)51-28-40-57(41-29-51)59(53-32-16-43(3)17-33-53)55-36-24-49(25-37-55)46-12-9-7-10-13-46/h5-41H,1H2,2-4H3/b8-6-,44-11+. The van der Waals surface area contributed by atoms with Crippen molar-refractivity contribution in [3.63, 3.8) is 0 Å². The van der Waals surface area contributed by atoms with Crippen LogP contribution < -0.4 is 9.80 Å². The number of hydrogen-bond donors (Lipinski definition) is 0. The second-order valence-electron chi connectivity index (χ2n) is 14.9. The van der Waals surface area contributed by atoms with Crippen molar-refractivity contribution in [1.82, 2.24) is 0 Å². The molecule has 0 unspecified atom stereocenters. The smallest absolute Gasteiger partial charge is 0.0462 e. The molecule has 0 bridgehead atoms. The van der Waals surface area contributed by atoms with E-state index in [0.717, 1.165) is 34.1 Å². The Morgan fingerprint density at radius 3 is 0.983 bits per heavy atom. The largest absolute Gasteiger partial charge is 0.311 e.